The number of carbonyl (C=O) groups excluding carboxylic acids is 16. The third kappa shape index (κ3) is 35.5. The van der Waals surface area contributed by atoms with Crippen molar-refractivity contribution in [1.29, 1.82) is 5.41 Å². The van der Waals surface area contributed by atoms with E-state index < -0.39 is 228 Å². The summed E-state index contributed by atoms with van der Waals surface area (Å²) in [5, 5.41) is 67.2. The molecule has 40 nitrogen and oxygen atoms in total. The Balaban J connectivity index is 1.02. The molecule has 16 amide bonds. The molecule has 0 spiro atoms. The van der Waals surface area contributed by atoms with Gasteiger partial charge in [-0.05, 0) is 149 Å². The first-order chi connectivity index (χ1) is 69.7. The van der Waals surface area contributed by atoms with Gasteiger partial charge in [-0.1, -0.05) is 189 Å². The average molecular weight is 2050 g/mol. The molecule has 4 heterocycles. The number of amides is 16. The Morgan fingerprint density at radius 2 is 1.03 bits per heavy atom. The molecule has 3 aliphatic rings. The topological polar surface area (TPSA) is 611 Å². The summed E-state index contributed by atoms with van der Waals surface area (Å²) in [4.78, 5) is 268. The fraction of sp³-hybridized carbons (Fsp3) is 0.442. The number of likely N-dealkylation sites (N-methyl/N-ethyl adjacent to an activating group) is 1. The van der Waals surface area contributed by atoms with E-state index in [9.17, 15) is 67.7 Å². The minimum atomic E-state index is -2.02. The van der Waals surface area contributed by atoms with Crippen molar-refractivity contribution in [2.75, 3.05) is 50.0 Å². The molecule has 10 rings (SSSR count). The molecule has 12 atom stereocenters. The first-order valence-corrected chi connectivity index (χ1v) is 50.9. The second-order valence-electron chi connectivity index (χ2n) is 37.9. The summed E-state index contributed by atoms with van der Waals surface area (Å²) in [5.74, 6) is -19.9. The standard InChI is InChI=1S/C104H132N20O20S2/c1-59(2)47-75-94(135)120-82(92(133)110-55-84(105)125)57-145-58-86(127)113-76(48-62-19-10-8-11-20-62)95(136)116-77(49-63-27-33-67(34-28-63)66-21-12-9-13-22-66)96(137)119-81(50-64-29-35-68(36-30-64)69-39-41-71(42-40-69)111-91(132)70-37-31-65(32-38-70)51-87(128)129)102(143)123(7)56-85(126)112-78(52-72-23-14-15-43-108-72)97(138)117-80(54-88(130)131)99(140)114-74(25-16-44-109-104(106)107)93(134)122-90(61(5)6)103(144)124-45-17-26-83(124)100(141)121-89(60(3)4)101(142)118-79(98(139)115-75)53-73-24-18-46-146-73/h9,12-15,18,21-24,27-43,46,59-62,74-83,89-90H,8,10-11,16-17,19-20,25-26,44-45,47-58H2,1-7H3,(H2,105,125)(H,110,133)(H,111,132)(H,112,126)(H,113,127)(H,114,140)(H,115,139)(H,116,136)(H,117,138)(H,118,142)(H,119,137)(H,120,135)(H,121,141)(H,122,134)(H,128,129)(H,130,131)(H4,106,107,109)/t74-,75+,76+,77+,78+,79+,80+,81+,82+,83+,89+,90+/m1/s1. The highest BCUT2D eigenvalue weighted by Crippen LogP contribution is 2.30. The van der Waals surface area contributed by atoms with E-state index in [1.165, 1.54) is 47.7 Å². The van der Waals surface area contributed by atoms with Crippen LogP contribution in [0.15, 0.2) is 169 Å². The molecule has 2 aromatic heterocycles. The van der Waals surface area contributed by atoms with Gasteiger partial charge in [-0.25, -0.2) is 0 Å². The van der Waals surface area contributed by atoms with E-state index in [4.69, 9.17) is 16.9 Å². The molecule has 1 saturated carbocycles. The number of nitrogens with zero attached hydrogens (tertiary/aromatic N) is 3. The number of rotatable bonds is 29. The molecule has 0 radical (unpaired) electrons. The summed E-state index contributed by atoms with van der Waals surface area (Å²) < 4.78 is 0. The van der Waals surface area contributed by atoms with Crippen LogP contribution in [0.1, 0.15) is 156 Å². The number of benzene rings is 5. The van der Waals surface area contributed by atoms with Crippen LogP contribution in [0.4, 0.5) is 5.69 Å². The quantitative estimate of drug-likeness (QED) is 0.0180. The van der Waals surface area contributed by atoms with E-state index >= 15 is 28.8 Å². The van der Waals surface area contributed by atoms with E-state index in [-0.39, 0.29) is 106 Å². The maximum Gasteiger partial charge on any atom is 0.307 e. The van der Waals surface area contributed by atoms with Crippen LogP contribution >= 0.6 is 23.1 Å². The zero-order chi connectivity index (χ0) is 106. The van der Waals surface area contributed by atoms with E-state index in [0.29, 0.717) is 51.2 Å². The van der Waals surface area contributed by atoms with Crippen molar-refractivity contribution in [2.45, 2.75) is 223 Å². The highest BCUT2D eigenvalue weighted by molar-refractivity contribution is 8.00. The van der Waals surface area contributed by atoms with Crippen molar-refractivity contribution < 1.29 is 96.5 Å². The monoisotopic (exact) mass is 2040 g/mol. The Bertz CT molecular complexity index is 5720. The number of thioether (sulfide) groups is 1. The zero-order valence-electron chi connectivity index (χ0n) is 82.7. The van der Waals surface area contributed by atoms with Gasteiger partial charge >= 0.3 is 11.9 Å². The molecule has 0 bridgehead atoms. The fourth-order valence-electron chi connectivity index (χ4n) is 17.4. The lowest BCUT2D eigenvalue weighted by atomic mass is 9.84. The van der Waals surface area contributed by atoms with Crippen LogP contribution in [0, 0.1) is 29.1 Å². The number of carbonyl (C=O) groups is 18. The molecule has 42 heteroatoms. The van der Waals surface area contributed by atoms with Gasteiger partial charge in [-0.15, -0.1) is 23.1 Å². The lowest BCUT2D eigenvalue weighted by molar-refractivity contribution is -0.144. The number of hydrogen-bond acceptors (Lipinski definition) is 22. The minimum absolute atomic E-state index is 0.00561. The number of aromatic nitrogens is 1. The van der Waals surface area contributed by atoms with Crippen molar-refractivity contribution in [2.24, 2.45) is 35.1 Å². The van der Waals surface area contributed by atoms with Crippen molar-refractivity contribution in [3.63, 3.8) is 0 Å². The highest BCUT2D eigenvalue weighted by Gasteiger charge is 2.44. The number of nitrogens with one attached hydrogen (secondary N) is 15. The SMILES string of the molecule is CC(C)C[C@@H]1NC(=O)[C@H](Cc2cccs2)NC(=O)[C@H](C(C)C)NC(=O)[C@@H]2CCCN2C(=O)[C@H](C(C)C)NC(=O)[C@@H](CCCNC(=N)N)NC(=O)[C@H](CC(=O)O)NC(=O)[C@H](Cc2ccccn2)NC(=O)CN(C)C(=O)[C@H](Cc2ccc(-c3ccc(NC(=O)c4ccc(CC(=O)O)cc4)cc3)cc2)NC(=O)[C@H](Cc2ccc(-c3ccccc3)cc2)NC(=O)[C@H](CC2CCCCC2)NC(=O)CSC[C@@H](C(=O)NCC(N)=O)NC1=O. The second kappa shape index (κ2) is 55.8. The number of aliphatic carboxylic acids is 2. The number of primary amides is 1. The van der Waals surface area contributed by atoms with E-state index in [2.05, 4.69) is 79.4 Å². The van der Waals surface area contributed by atoms with Gasteiger partial charge in [0.25, 0.3) is 5.91 Å². The van der Waals surface area contributed by atoms with Gasteiger partial charge in [0.1, 0.15) is 72.5 Å². The molecule has 3 fully saturated rings. The van der Waals surface area contributed by atoms with E-state index in [1.807, 2.05) is 42.5 Å². The Kier molecular flexibility index (Phi) is 43.2. The number of thiophene rings is 1. The van der Waals surface area contributed by atoms with Crippen LogP contribution in [0.25, 0.3) is 22.3 Å². The third-order valence-corrected chi connectivity index (χ3v) is 27.1. The predicted molar refractivity (Wildman–Crippen MR) is 548 cm³/mol. The summed E-state index contributed by atoms with van der Waals surface area (Å²) in [6.45, 7) is 8.43. The molecule has 2 saturated heterocycles. The van der Waals surface area contributed by atoms with Crippen LogP contribution in [0.2, 0.25) is 0 Å². The number of carboxylic acid groups (broad SMARTS) is 2. The lowest BCUT2D eigenvalue weighted by Gasteiger charge is -2.33. The summed E-state index contributed by atoms with van der Waals surface area (Å²) >= 11 is 2.12. The zero-order valence-corrected chi connectivity index (χ0v) is 84.4. The maximum absolute atomic E-state index is 15.9. The first-order valence-electron chi connectivity index (χ1n) is 48.9. The Labute approximate surface area is 855 Å². The van der Waals surface area contributed by atoms with Gasteiger partial charge in [0.15, 0.2) is 5.96 Å². The van der Waals surface area contributed by atoms with Crippen LogP contribution in [-0.4, -0.2) is 255 Å². The molecular formula is C104H132N20O20S2. The first kappa shape index (κ1) is 113. The summed E-state index contributed by atoms with van der Waals surface area (Å²) in [6.07, 6.45) is 2.96. The van der Waals surface area contributed by atoms with Crippen LogP contribution < -0.4 is 85.9 Å². The van der Waals surface area contributed by atoms with Crippen LogP contribution in [0.5, 0.6) is 0 Å². The molecule has 780 valence electrons. The maximum atomic E-state index is 15.9. The van der Waals surface area contributed by atoms with Crippen LogP contribution in [-0.2, 0) is 114 Å². The number of nitrogens with two attached hydrogens (primary N) is 2. The molecule has 5 aromatic carbocycles. The normalized spacial score (nSPS) is 22.0. The van der Waals surface area contributed by atoms with Crippen molar-refractivity contribution >= 4 is 141 Å². The van der Waals surface area contributed by atoms with E-state index in [0.717, 1.165) is 47.1 Å². The predicted octanol–water partition coefficient (Wildman–Crippen LogP) is 3.82. The second-order valence-corrected chi connectivity index (χ2v) is 40.0. The fourth-order valence-corrected chi connectivity index (χ4v) is 19.0. The molecule has 21 N–H and O–H groups in total. The number of pyridine rings is 1. The van der Waals surface area contributed by atoms with Crippen LogP contribution in [0.3, 0.4) is 0 Å². The number of fused-ring (bicyclic) bond motifs is 1. The Morgan fingerprint density at radius 1 is 0.493 bits per heavy atom. The number of carboxylic acids is 2. The number of anilines is 1. The van der Waals surface area contributed by atoms with Gasteiger partial charge in [0.2, 0.25) is 88.6 Å². The summed E-state index contributed by atoms with van der Waals surface area (Å²) in [7, 11) is 1.25. The lowest BCUT2D eigenvalue weighted by Crippen LogP contribution is -2.62. The van der Waals surface area contributed by atoms with Gasteiger partial charge < -0.3 is 106 Å². The summed E-state index contributed by atoms with van der Waals surface area (Å²) in [6, 6.07) is 26.2. The van der Waals surface area contributed by atoms with Gasteiger partial charge in [-0.2, -0.15) is 0 Å². The van der Waals surface area contributed by atoms with Gasteiger partial charge in [0.05, 0.1) is 31.7 Å². The average Bonchev–Trinajstić information content (AvgIpc) is 1.59. The highest BCUT2D eigenvalue weighted by atomic mass is 32.2. The summed E-state index contributed by atoms with van der Waals surface area (Å²) in [5.41, 5.74) is 16.5. The van der Waals surface area contributed by atoms with Crippen molar-refractivity contribution in [3.05, 3.63) is 202 Å². The van der Waals surface area contributed by atoms with Gasteiger partial charge in [0, 0.05) is 79.6 Å². The largest absolute Gasteiger partial charge is 0.481 e. The van der Waals surface area contributed by atoms with Gasteiger partial charge in [-0.3, -0.25) is 96.7 Å². The smallest absolute Gasteiger partial charge is 0.307 e. The molecule has 0 unspecified atom stereocenters. The van der Waals surface area contributed by atoms with Crippen molar-refractivity contribution in [1.82, 2.24) is 83.9 Å². The van der Waals surface area contributed by atoms with Crippen molar-refractivity contribution in [3.8, 4) is 22.3 Å². The molecular weight excluding hydrogens is 1910 g/mol. The molecule has 2 aliphatic heterocycles. The molecule has 146 heavy (non-hydrogen) atoms. The molecule has 1 aliphatic carbocycles. The Hall–Kier alpha value is -15.0. The number of guanidine groups is 1. The Morgan fingerprint density at radius 3 is 1.62 bits per heavy atom. The number of hydrogen-bond donors (Lipinski definition) is 19. The third-order valence-electron chi connectivity index (χ3n) is 25.2. The molecule has 7 aromatic rings. The van der Waals surface area contributed by atoms with E-state index in [1.54, 1.807) is 144 Å². The minimum Gasteiger partial charge on any atom is -0.481 e.